The number of piperazine rings is 1. The Bertz CT molecular complexity index is 1400. The molecule has 10 nitrogen and oxygen atoms in total. The average Bonchev–Trinajstić information content (AvgIpc) is 3.56. The second-order valence-electron chi connectivity index (χ2n) is 8.50. The van der Waals surface area contributed by atoms with E-state index >= 15 is 0 Å². The number of H-pyrrole nitrogens is 1. The third-order valence-corrected chi connectivity index (χ3v) is 6.88. The van der Waals surface area contributed by atoms with Crippen molar-refractivity contribution in [1.29, 1.82) is 5.26 Å². The highest BCUT2D eigenvalue weighted by molar-refractivity contribution is 6.39. The van der Waals surface area contributed by atoms with Gasteiger partial charge in [0.15, 0.2) is 0 Å². The van der Waals surface area contributed by atoms with Crippen LogP contribution in [0.5, 0.6) is 0 Å². The summed E-state index contributed by atoms with van der Waals surface area (Å²) in [5, 5.41) is 18.5. The highest BCUT2D eigenvalue weighted by atomic mass is 35.5. The molecule has 3 aromatic heterocycles. The van der Waals surface area contributed by atoms with Crippen LogP contribution < -0.4 is 5.32 Å². The van der Waals surface area contributed by atoms with Crippen molar-refractivity contribution in [2.45, 2.75) is 12.5 Å². The molecule has 4 heterocycles. The molecule has 36 heavy (non-hydrogen) atoms. The number of para-hydroxylation sites is 1. The van der Waals surface area contributed by atoms with Gasteiger partial charge < -0.3 is 15.2 Å². The Morgan fingerprint density at radius 3 is 2.69 bits per heavy atom. The van der Waals surface area contributed by atoms with Gasteiger partial charge in [-0.15, -0.1) is 0 Å². The molecule has 184 valence electrons. The maximum atomic E-state index is 12.7. The van der Waals surface area contributed by atoms with E-state index < -0.39 is 0 Å². The Kier molecular flexibility index (Phi) is 7.04. The van der Waals surface area contributed by atoms with E-state index in [1.807, 2.05) is 23.1 Å². The number of benzene rings is 1. The van der Waals surface area contributed by atoms with Crippen LogP contribution in [-0.4, -0.2) is 73.3 Å². The summed E-state index contributed by atoms with van der Waals surface area (Å²) in [6.07, 6.45) is 7.35. The summed E-state index contributed by atoms with van der Waals surface area (Å²) >= 11 is 12.4. The molecule has 0 saturated carbocycles. The zero-order chi connectivity index (χ0) is 25.1. The molecule has 5 rings (SSSR count). The average molecular weight is 524 g/mol. The van der Waals surface area contributed by atoms with Crippen molar-refractivity contribution < 1.29 is 4.79 Å². The van der Waals surface area contributed by atoms with Crippen molar-refractivity contribution in [3.05, 3.63) is 59.2 Å². The predicted octanol–water partition coefficient (Wildman–Crippen LogP) is 4.43. The van der Waals surface area contributed by atoms with E-state index in [0.29, 0.717) is 54.9 Å². The van der Waals surface area contributed by atoms with Gasteiger partial charge in [-0.05, 0) is 18.2 Å². The molecule has 2 amide bonds. The fourth-order valence-electron chi connectivity index (χ4n) is 4.34. The van der Waals surface area contributed by atoms with E-state index in [1.165, 1.54) is 6.33 Å². The number of nitrogens with one attached hydrogen (secondary N) is 2. The largest absolute Gasteiger partial charge is 0.346 e. The third-order valence-electron chi connectivity index (χ3n) is 6.25. The van der Waals surface area contributed by atoms with Crippen molar-refractivity contribution in [2.24, 2.45) is 0 Å². The van der Waals surface area contributed by atoms with Crippen LogP contribution in [0.15, 0.2) is 49.2 Å². The molecule has 1 saturated heterocycles. The van der Waals surface area contributed by atoms with Crippen molar-refractivity contribution >= 4 is 46.0 Å². The molecular formula is C24H23Cl2N9O. The van der Waals surface area contributed by atoms with Crippen molar-refractivity contribution in [3.8, 4) is 17.3 Å². The monoisotopic (exact) mass is 523 g/mol. The van der Waals surface area contributed by atoms with Crippen LogP contribution in [0.1, 0.15) is 12.5 Å². The first-order valence-electron chi connectivity index (χ1n) is 11.5. The van der Waals surface area contributed by atoms with Crippen LogP contribution in [0, 0.1) is 11.3 Å². The number of carbonyl (C=O) groups is 1. The van der Waals surface area contributed by atoms with E-state index in [1.54, 1.807) is 29.3 Å². The molecule has 0 bridgehead atoms. The van der Waals surface area contributed by atoms with Gasteiger partial charge in [-0.2, -0.15) is 10.4 Å². The fourth-order valence-corrected chi connectivity index (χ4v) is 4.84. The molecule has 4 aromatic rings. The molecule has 1 aliphatic heterocycles. The molecule has 12 heteroatoms. The van der Waals surface area contributed by atoms with Gasteiger partial charge in [-0.25, -0.2) is 14.8 Å². The van der Waals surface area contributed by atoms with Crippen LogP contribution >= 0.6 is 23.2 Å². The smallest absolute Gasteiger partial charge is 0.322 e. The lowest BCUT2D eigenvalue weighted by molar-refractivity contribution is 0.133. The number of aromatic amines is 1. The van der Waals surface area contributed by atoms with Gasteiger partial charge in [0.2, 0.25) is 0 Å². The number of anilines is 1. The van der Waals surface area contributed by atoms with Crippen LogP contribution in [0.25, 0.3) is 22.3 Å². The van der Waals surface area contributed by atoms with E-state index in [-0.39, 0.29) is 12.1 Å². The number of urea groups is 1. The lowest BCUT2D eigenvalue weighted by Crippen LogP contribution is -2.51. The maximum Gasteiger partial charge on any atom is 0.322 e. The number of amides is 2. The van der Waals surface area contributed by atoms with Crippen LogP contribution in [0.2, 0.25) is 10.0 Å². The van der Waals surface area contributed by atoms with Gasteiger partial charge in [0.05, 0.1) is 46.2 Å². The van der Waals surface area contributed by atoms with Gasteiger partial charge in [0.1, 0.15) is 12.0 Å². The Labute approximate surface area is 217 Å². The number of hydrogen-bond donors (Lipinski definition) is 2. The molecule has 1 aliphatic rings. The topological polar surface area (TPSA) is 119 Å². The van der Waals surface area contributed by atoms with Crippen molar-refractivity contribution in [2.75, 3.05) is 38.0 Å². The molecule has 1 unspecified atom stereocenters. The summed E-state index contributed by atoms with van der Waals surface area (Å²) in [5.41, 5.74) is 2.84. The molecule has 2 N–H and O–H groups in total. The summed E-state index contributed by atoms with van der Waals surface area (Å²) < 4.78 is 1.83. The lowest BCUT2D eigenvalue weighted by atomic mass is 10.1. The van der Waals surface area contributed by atoms with E-state index in [4.69, 9.17) is 23.2 Å². The first-order valence-corrected chi connectivity index (χ1v) is 12.2. The van der Waals surface area contributed by atoms with E-state index in [0.717, 1.165) is 22.3 Å². The minimum absolute atomic E-state index is 0.130. The number of nitriles is 1. The highest BCUT2D eigenvalue weighted by Crippen LogP contribution is 2.30. The van der Waals surface area contributed by atoms with Gasteiger partial charge in [-0.1, -0.05) is 29.3 Å². The normalized spacial score (nSPS) is 15.1. The van der Waals surface area contributed by atoms with Crippen molar-refractivity contribution in [1.82, 2.24) is 34.5 Å². The van der Waals surface area contributed by atoms with Gasteiger partial charge in [0.25, 0.3) is 0 Å². The summed E-state index contributed by atoms with van der Waals surface area (Å²) in [7, 11) is 0. The fraction of sp³-hybridized carbons (Fsp3) is 0.292. The second kappa shape index (κ2) is 10.5. The van der Waals surface area contributed by atoms with Gasteiger partial charge in [-0.3, -0.25) is 9.58 Å². The Morgan fingerprint density at radius 2 is 1.94 bits per heavy atom. The molecule has 1 atom stereocenters. The minimum atomic E-state index is -0.240. The number of rotatable bonds is 6. The first-order chi connectivity index (χ1) is 17.5. The lowest BCUT2D eigenvalue weighted by Gasteiger charge is -2.36. The zero-order valence-corrected chi connectivity index (χ0v) is 20.7. The first kappa shape index (κ1) is 24.1. The molecule has 0 aliphatic carbocycles. The number of nitrogens with zero attached hydrogens (tertiary/aromatic N) is 7. The number of carbonyl (C=O) groups excluding carboxylic acids is 1. The van der Waals surface area contributed by atoms with Gasteiger partial charge >= 0.3 is 6.03 Å². The number of halogens is 2. The Morgan fingerprint density at radius 1 is 1.17 bits per heavy atom. The molecule has 0 spiro atoms. The minimum Gasteiger partial charge on any atom is -0.346 e. The highest BCUT2D eigenvalue weighted by Gasteiger charge is 2.25. The third kappa shape index (κ3) is 4.99. The van der Waals surface area contributed by atoms with Gasteiger partial charge in [0, 0.05) is 56.1 Å². The molecule has 0 radical (unpaired) electrons. The summed E-state index contributed by atoms with van der Waals surface area (Å²) in [5.74, 6) is 0. The maximum absolute atomic E-state index is 12.7. The van der Waals surface area contributed by atoms with Crippen molar-refractivity contribution in [3.63, 3.8) is 0 Å². The summed E-state index contributed by atoms with van der Waals surface area (Å²) in [6, 6.07) is 8.94. The Balaban J connectivity index is 1.22. The number of fused-ring (bicyclic) bond motifs is 1. The molecule has 1 fully saturated rings. The predicted molar refractivity (Wildman–Crippen MR) is 138 cm³/mol. The summed E-state index contributed by atoms with van der Waals surface area (Å²) in [4.78, 5) is 28.5. The Hall–Kier alpha value is -3.65. The summed E-state index contributed by atoms with van der Waals surface area (Å²) in [6.45, 7) is 3.09. The quantitative estimate of drug-likeness (QED) is 0.385. The standard InChI is InChI=1S/C24H23Cl2N9O/c25-19-2-1-3-20(26)22(19)32-24(36)34-10-8-33(9-11-34)14-17(4-6-27)35-13-16(12-31-35)21-18-5-7-28-23(18)30-15-29-21/h1-3,5,7,12-13,15,17H,4,8-11,14H2,(H,32,36)(H,28,29,30). The SMILES string of the molecule is N#CCC(CN1CCN(C(=O)Nc2c(Cl)cccc2Cl)CC1)n1cc(-c2ncnc3[nH]ccc23)cn1. The molecular weight excluding hydrogens is 501 g/mol. The zero-order valence-electron chi connectivity index (χ0n) is 19.2. The van der Waals surface area contributed by atoms with Crippen LogP contribution in [0.4, 0.5) is 10.5 Å². The van der Waals surface area contributed by atoms with Crippen LogP contribution in [-0.2, 0) is 0 Å². The molecule has 1 aromatic carbocycles. The second-order valence-corrected chi connectivity index (χ2v) is 9.32. The van der Waals surface area contributed by atoms with E-state index in [9.17, 15) is 10.1 Å². The van der Waals surface area contributed by atoms with Crippen LogP contribution in [0.3, 0.4) is 0 Å². The van der Waals surface area contributed by atoms with E-state index in [2.05, 4.69) is 36.3 Å². The number of hydrogen-bond acceptors (Lipinski definition) is 6. The number of aromatic nitrogens is 5.